The molecule has 20 heavy (non-hydrogen) atoms. The van der Waals surface area contributed by atoms with Crippen molar-refractivity contribution in [3.63, 3.8) is 0 Å². The maximum Gasteiger partial charge on any atom is 0.225 e. The van der Waals surface area contributed by atoms with Crippen molar-refractivity contribution in [1.82, 2.24) is 4.90 Å². The summed E-state index contributed by atoms with van der Waals surface area (Å²) in [5.74, 6) is -0.0348. The Morgan fingerprint density at radius 2 is 2.15 bits per heavy atom. The zero-order chi connectivity index (χ0) is 14.5. The summed E-state index contributed by atoms with van der Waals surface area (Å²) in [6.07, 6.45) is 3.27. The first-order valence-corrected chi connectivity index (χ1v) is 7.35. The summed E-state index contributed by atoms with van der Waals surface area (Å²) in [6, 6.07) is 6.83. The number of hydrogen-bond acceptors (Lipinski definition) is 2. The number of hydrogen-bond donors (Lipinski definition) is 1. The first-order valence-electron chi connectivity index (χ1n) is 7.35. The first-order chi connectivity index (χ1) is 9.56. The fraction of sp³-hybridized carbons (Fsp3) is 0.562. The van der Waals surface area contributed by atoms with Crippen LogP contribution >= 0.6 is 0 Å². The van der Waals surface area contributed by atoms with Crippen LogP contribution in [0.2, 0.25) is 0 Å². The van der Waals surface area contributed by atoms with E-state index < -0.39 is 0 Å². The molecule has 1 atom stereocenters. The predicted octanol–water partition coefficient (Wildman–Crippen LogP) is 2.34. The fourth-order valence-corrected chi connectivity index (χ4v) is 2.63. The molecule has 1 heterocycles. The molecule has 3 nitrogen and oxygen atoms in total. The van der Waals surface area contributed by atoms with Crippen LogP contribution in [-0.2, 0) is 11.2 Å². The molecule has 1 aliphatic heterocycles. The van der Waals surface area contributed by atoms with E-state index >= 15 is 0 Å². The molecule has 110 valence electrons. The summed E-state index contributed by atoms with van der Waals surface area (Å²) < 4.78 is 13.1. The third-order valence-electron chi connectivity index (χ3n) is 4.03. The number of carbonyl (C=O) groups is 1. The average Bonchev–Trinajstić information content (AvgIpc) is 2.45. The Morgan fingerprint density at radius 1 is 1.45 bits per heavy atom. The molecule has 1 amide bonds. The highest BCUT2D eigenvalue weighted by Crippen LogP contribution is 2.16. The lowest BCUT2D eigenvalue weighted by Gasteiger charge is -2.32. The van der Waals surface area contributed by atoms with Crippen LogP contribution in [0.3, 0.4) is 0 Å². The number of amides is 1. The molecule has 1 unspecified atom stereocenters. The fourth-order valence-electron chi connectivity index (χ4n) is 2.63. The van der Waals surface area contributed by atoms with Gasteiger partial charge in [-0.3, -0.25) is 4.79 Å². The van der Waals surface area contributed by atoms with E-state index in [1.807, 2.05) is 17.9 Å². The number of nitrogens with two attached hydrogens (primary N) is 1. The number of halogens is 1. The van der Waals surface area contributed by atoms with Gasteiger partial charge in [0.2, 0.25) is 5.91 Å². The lowest BCUT2D eigenvalue weighted by molar-refractivity contribution is -0.136. The van der Waals surface area contributed by atoms with Crippen LogP contribution in [0.5, 0.6) is 0 Å². The standard InChI is InChI=1S/C16H23FN2O/c1-12(5-6-13-3-2-4-14(17)11-13)16(20)19-9-7-15(18)8-10-19/h2-4,11-12,15H,5-10,18H2,1H3. The Bertz CT molecular complexity index is 456. The van der Waals surface area contributed by atoms with Crippen LogP contribution in [0.1, 0.15) is 31.7 Å². The number of piperidine rings is 1. The van der Waals surface area contributed by atoms with Crippen molar-refractivity contribution in [1.29, 1.82) is 0 Å². The third kappa shape index (κ3) is 4.04. The van der Waals surface area contributed by atoms with E-state index in [0.717, 1.165) is 44.3 Å². The van der Waals surface area contributed by atoms with Crippen molar-refractivity contribution in [2.45, 2.75) is 38.6 Å². The molecule has 1 saturated heterocycles. The molecule has 0 radical (unpaired) electrons. The van der Waals surface area contributed by atoms with Gasteiger partial charge in [-0.25, -0.2) is 4.39 Å². The molecule has 0 bridgehead atoms. The van der Waals surface area contributed by atoms with Gasteiger partial charge in [0, 0.05) is 25.0 Å². The highest BCUT2D eigenvalue weighted by molar-refractivity contribution is 5.78. The zero-order valence-corrected chi connectivity index (χ0v) is 12.0. The molecule has 1 aromatic carbocycles. The average molecular weight is 278 g/mol. The normalized spacial score (nSPS) is 18.1. The molecular weight excluding hydrogens is 255 g/mol. The molecule has 2 rings (SSSR count). The molecule has 1 fully saturated rings. The van der Waals surface area contributed by atoms with Gasteiger partial charge in [-0.05, 0) is 43.4 Å². The van der Waals surface area contributed by atoms with Crippen molar-refractivity contribution in [2.75, 3.05) is 13.1 Å². The second-order valence-corrected chi connectivity index (χ2v) is 5.73. The van der Waals surface area contributed by atoms with Crippen molar-refractivity contribution >= 4 is 5.91 Å². The molecule has 0 spiro atoms. The van der Waals surface area contributed by atoms with Gasteiger partial charge < -0.3 is 10.6 Å². The van der Waals surface area contributed by atoms with Crippen LogP contribution in [-0.4, -0.2) is 29.9 Å². The van der Waals surface area contributed by atoms with E-state index in [1.54, 1.807) is 6.07 Å². The van der Waals surface area contributed by atoms with Crippen molar-refractivity contribution in [3.8, 4) is 0 Å². The Kier molecular flexibility index (Phi) is 5.12. The largest absolute Gasteiger partial charge is 0.342 e. The van der Waals surface area contributed by atoms with E-state index in [0.29, 0.717) is 0 Å². The van der Waals surface area contributed by atoms with E-state index in [2.05, 4.69) is 0 Å². The molecule has 1 aromatic rings. The Morgan fingerprint density at radius 3 is 2.80 bits per heavy atom. The first kappa shape index (κ1) is 15.0. The lowest BCUT2D eigenvalue weighted by Crippen LogP contribution is -2.44. The molecule has 0 aliphatic carbocycles. The van der Waals surface area contributed by atoms with E-state index in [4.69, 9.17) is 5.73 Å². The third-order valence-corrected chi connectivity index (χ3v) is 4.03. The van der Waals surface area contributed by atoms with E-state index in [9.17, 15) is 9.18 Å². The Balaban J connectivity index is 1.82. The number of aryl methyl sites for hydroxylation is 1. The number of carbonyl (C=O) groups excluding carboxylic acids is 1. The molecule has 4 heteroatoms. The summed E-state index contributed by atoms with van der Waals surface area (Å²) in [5, 5.41) is 0. The van der Waals surface area contributed by atoms with Crippen molar-refractivity contribution < 1.29 is 9.18 Å². The van der Waals surface area contributed by atoms with Gasteiger partial charge in [0.25, 0.3) is 0 Å². The molecule has 0 saturated carbocycles. The lowest BCUT2D eigenvalue weighted by atomic mass is 9.98. The Labute approximate surface area is 120 Å². The van der Waals surface area contributed by atoms with Gasteiger partial charge in [0.15, 0.2) is 0 Å². The summed E-state index contributed by atoms with van der Waals surface area (Å²) in [4.78, 5) is 14.2. The monoisotopic (exact) mass is 278 g/mol. The van der Waals surface area contributed by atoms with Gasteiger partial charge in [0.05, 0.1) is 0 Å². The Hall–Kier alpha value is -1.42. The molecular formula is C16H23FN2O. The summed E-state index contributed by atoms with van der Waals surface area (Å²) in [7, 11) is 0. The van der Waals surface area contributed by atoms with Crippen molar-refractivity contribution in [2.24, 2.45) is 11.7 Å². The van der Waals surface area contributed by atoms with Gasteiger partial charge in [-0.2, -0.15) is 0 Å². The number of nitrogens with zero attached hydrogens (tertiary/aromatic N) is 1. The van der Waals surface area contributed by atoms with Gasteiger partial charge >= 0.3 is 0 Å². The maximum atomic E-state index is 13.1. The highest BCUT2D eigenvalue weighted by Gasteiger charge is 2.24. The maximum absolute atomic E-state index is 13.1. The van der Waals surface area contributed by atoms with Gasteiger partial charge in [0.1, 0.15) is 5.82 Å². The summed E-state index contributed by atoms with van der Waals surface area (Å²) >= 11 is 0. The SMILES string of the molecule is CC(CCc1cccc(F)c1)C(=O)N1CCC(N)CC1. The number of rotatable bonds is 4. The summed E-state index contributed by atoms with van der Waals surface area (Å²) in [5.41, 5.74) is 6.80. The minimum Gasteiger partial charge on any atom is -0.342 e. The molecule has 1 aliphatic rings. The van der Waals surface area contributed by atoms with Crippen LogP contribution in [0.4, 0.5) is 4.39 Å². The van der Waals surface area contributed by atoms with E-state index in [1.165, 1.54) is 12.1 Å². The molecule has 2 N–H and O–H groups in total. The van der Waals surface area contributed by atoms with Crippen LogP contribution in [0, 0.1) is 11.7 Å². The topological polar surface area (TPSA) is 46.3 Å². The van der Waals surface area contributed by atoms with Crippen molar-refractivity contribution in [3.05, 3.63) is 35.6 Å². The summed E-state index contributed by atoms with van der Waals surface area (Å²) in [6.45, 7) is 3.49. The second kappa shape index (κ2) is 6.84. The second-order valence-electron chi connectivity index (χ2n) is 5.73. The highest BCUT2D eigenvalue weighted by atomic mass is 19.1. The predicted molar refractivity (Wildman–Crippen MR) is 77.7 cm³/mol. The number of likely N-dealkylation sites (tertiary alicyclic amines) is 1. The quantitative estimate of drug-likeness (QED) is 0.919. The van der Waals surface area contributed by atoms with Crippen LogP contribution in [0.15, 0.2) is 24.3 Å². The minimum absolute atomic E-state index is 0.0207. The van der Waals surface area contributed by atoms with E-state index in [-0.39, 0.29) is 23.7 Å². The minimum atomic E-state index is -0.216. The molecule has 0 aromatic heterocycles. The van der Waals surface area contributed by atoms with Crippen LogP contribution in [0.25, 0.3) is 0 Å². The van der Waals surface area contributed by atoms with Gasteiger partial charge in [-0.1, -0.05) is 19.1 Å². The zero-order valence-electron chi connectivity index (χ0n) is 12.0. The van der Waals surface area contributed by atoms with Crippen LogP contribution < -0.4 is 5.73 Å². The number of benzene rings is 1. The smallest absolute Gasteiger partial charge is 0.225 e. The van der Waals surface area contributed by atoms with Gasteiger partial charge in [-0.15, -0.1) is 0 Å².